The molecule has 0 unspecified atom stereocenters. The first-order valence-electron chi connectivity index (χ1n) is 5.51. The first-order valence-corrected chi connectivity index (χ1v) is 5.51. The zero-order valence-electron chi connectivity index (χ0n) is 9.09. The minimum atomic E-state index is -0.213. The minimum Gasteiger partial charge on any atom is -0.392 e. The molecule has 2 N–H and O–H groups in total. The molecule has 2 nitrogen and oxygen atoms in total. The highest BCUT2D eigenvalue weighted by atomic mass is 16.3. The van der Waals surface area contributed by atoms with Crippen LogP contribution in [-0.4, -0.2) is 23.8 Å². The number of aliphatic hydroxyl groups excluding tert-OH is 1. The normalized spacial score (nSPS) is 37.4. The fourth-order valence-electron chi connectivity index (χ4n) is 2.07. The molecule has 2 heteroatoms. The zero-order valence-corrected chi connectivity index (χ0v) is 9.09. The Labute approximate surface area is 81.7 Å². The molecular formula is C11H23NO. The molecule has 0 bridgehead atoms. The van der Waals surface area contributed by atoms with Crippen LogP contribution >= 0.6 is 0 Å². The molecule has 1 aliphatic rings. The molecule has 0 spiro atoms. The molecule has 0 aliphatic heterocycles. The Hall–Kier alpha value is -0.0800. The minimum absolute atomic E-state index is 0.213. The van der Waals surface area contributed by atoms with Gasteiger partial charge in [-0.3, -0.25) is 0 Å². The van der Waals surface area contributed by atoms with Crippen LogP contribution in [0, 0.1) is 11.8 Å². The van der Waals surface area contributed by atoms with E-state index in [-0.39, 0.29) is 6.10 Å². The molecule has 0 saturated heterocycles. The Morgan fingerprint density at radius 1 is 1.31 bits per heavy atom. The van der Waals surface area contributed by atoms with Gasteiger partial charge >= 0.3 is 0 Å². The van der Waals surface area contributed by atoms with E-state index in [1.54, 1.807) is 0 Å². The van der Waals surface area contributed by atoms with E-state index in [4.69, 9.17) is 5.11 Å². The van der Waals surface area contributed by atoms with Crippen molar-refractivity contribution in [1.29, 1.82) is 0 Å². The third-order valence-electron chi connectivity index (χ3n) is 3.30. The van der Waals surface area contributed by atoms with Crippen molar-refractivity contribution in [2.75, 3.05) is 6.54 Å². The number of hydrogen-bond acceptors (Lipinski definition) is 2. The van der Waals surface area contributed by atoms with Gasteiger partial charge in [-0.25, -0.2) is 0 Å². The van der Waals surface area contributed by atoms with Gasteiger partial charge in [0, 0.05) is 12.6 Å². The van der Waals surface area contributed by atoms with E-state index in [0.717, 1.165) is 18.4 Å². The highest BCUT2D eigenvalue weighted by Gasteiger charge is 2.23. The van der Waals surface area contributed by atoms with Crippen molar-refractivity contribution in [1.82, 2.24) is 5.32 Å². The maximum atomic E-state index is 9.14. The van der Waals surface area contributed by atoms with Crippen LogP contribution in [0.15, 0.2) is 0 Å². The van der Waals surface area contributed by atoms with Crippen LogP contribution in [0.25, 0.3) is 0 Å². The summed E-state index contributed by atoms with van der Waals surface area (Å²) in [6, 6.07) is 0.640. The van der Waals surface area contributed by atoms with E-state index in [0.29, 0.717) is 6.04 Å². The van der Waals surface area contributed by atoms with Gasteiger partial charge in [0.1, 0.15) is 0 Å². The van der Waals surface area contributed by atoms with Gasteiger partial charge in [0.2, 0.25) is 0 Å². The summed E-state index contributed by atoms with van der Waals surface area (Å²) < 4.78 is 0. The highest BCUT2D eigenvalue weighted by molar-refractivity contribution is 4.79. The van der Waals surface area contributed by atoms with E-state index in [2.05, 4.69) is 19.2 Å². The zero-order chi connectivity index (χ0) is 9.84. The molecule has 0 aromatic carbocycles. The fraction of sp³-hybridized carbons (Fsp3) is 1.00. The Kier molecular flexibility index (Phi) is 4.20. The summed E-state index contributed by atoms with van der Waals surface area (Å²) >= 11 is 0. The van der Waals surface area contributed by atoms with Crippen molar-refractivity contribution >= 4 is 0 Å². The summed E-state index contributed by atoms with van der Waals surface area (Å²) in [6.45, 7) is 7.25. The lowest BCUT2D eigenvalue weighted by molar-refractivity contribution is 0.167. The quantitative estimate of drug-likeness (QED) is 0.702. The van der Waals surface area contributed by atoms with Crippen LogP contribution in [0.2, 0.25) is 0 Å². The number of hydrogen-bond donors (Lipinski definition) is 2. The monoisotopic (exact) mass is 185 g/mol. The molecule has 0 amide bonds. The van der Waals surface area contributed by atoms with Crippen molar-refractivity contribution in [3.63, 3.8) is 0 Å². The van der Waals surface area contributed by atoms with Gasteiger partial charge in [-0.05, 0) is 38.0 Å². The van der Waals surface area contributed by atoms with Gasteiger partial charge in [-0.2, -0.15) is 0 Å². The second kappa shape index (κ2) is 4.97. The topological polar surface area (TPSA) is 32.3 Å². The lowest BCUT2D eigenvalue weighted by atomic mass is 9.79. The summed E-state index contributed by atoms with van der Waals surface area (Å²) in [7, 11) is 0. The van der Waals surface area contributed by atoms with Crippen molar-refractivity contribution in [3.8, 4) is 0 Å². The average molecular weight is 185 g/mol. The first kappa shape index (κ1) is 11.0. The Bertz CT molecular complexity index is 147. The van der Waals surface area contributed by atoms with Crippen molar-refractivity contribution < 1.29 is 5.11 Å². The molecule has 0 radical (unpaired) electrons. The van der Waals surface area contributed by atoms with Gasteiger partial charge in [0.25, 0.3) is 0 Å². The predicted molar refractivity (Wildman–Crippen MR) is 55.7 cm³/mol. The predicted octanol–water partition coefficient (Wildman–Crippen LogP) is 1.78. The number of aliphatic hydroxyl groups is 1. The standard InChI is InChI=1S/C11H23NO/c1-8-4-5-11(6-9(8)2)12-7-10(3)13/h8-13H,4-7H2,1-3H3/t8-,9+,10-,11+/m0/s1. The summed E-state index contributed by atoms with van der Waals surface area (Å²) in [5.41, 5.74) is 0. The molecule has 78 valence electrons. The van der Waals surface area contributed by atoms with Gasteiger partial charge in [-0.15, -0.1) is 0 Å². The molecule has 4 atom stereocenters. The van der Waals surface area contributed by atoms with Crippen LogP contribution in [0.1, 0.15) is 40.0 Å². The third kappa shape index (κ3) is 3.65. The van der Waals surface area contributed by atoms with Crippen LogP contribution in [0.3, 0.4) is 0 Å². The van der Waals surface area contributed by atoms with Crippen molar-refractivity contribution in [3.05, 3.63) is 0 Å². The van der Waals surface area contributed by atoms with Gasteiger partial charge in [-0.1, -0.05) is 13.8 Å². The summed E-state index contributed by atoms with van der Waals surface area (Å²) in [5, 5.41) is 12.6. The largest absolute Gasteiger partial charge is 0.392 e. The van der Waals surface area contributed by atoms with Gasteiger partial charge in [0.15, 0.2) is 0 Å². The lowest BCUT2D eigenvalue weighted by Crippen LogP contribution is -2.39. The molecule has 0 aromatic heterocycles. The molecule has 0 aromatic rings. The summed E-state index contributed by atoms with van der Waals surface area (Å²) in [4.78, 5) is 0. The molecule has 0 heterocycles. The average Bonchev–Trinajstić information content (AvgIpc) is 2.07. The van der Waals surface area contributed by atoms with Crippen LogP contribution in [0.4, 0.5) is 0 Å². The second-order valence-corrected chi connectivity index (χ2v) is 4.72. The Balaban J connectivity index is 2.21. The molecule has 1 aliphatic carbocycles. The van der Waals surface area contributed by atoms with Gasteiger partial charge in [0.05, 0.1) is 6.10 Å². The van der Waals surface area contributed by atoms with Crippen LogP contribution < -0.4 is 5.32 Å². The first-order chi connectivity index (χ1) is 6.09. The molecule has 1 rings (SSSR count). The van der Waals surface area contributed by atoms with Crippen molar-refractivity contribution in [2.24, 2.45) is 11.8 Å². The second-order valence-electron chi connectivity index (χ2n) is 4.72. The summed E-state index contributed by atoms with van der Waals surface area (Å²) in [6.07, 6.45) is 3.67. The molecular weight excluding hydrogens is 162 g/mol. The molecule has 1 saturated carbocycles. The van der Waals surface area contributed by atoms with E-state index < -0.39 is 0 Å². The van der Waals surface area contributed by atoms with E-state index in [1.807, 2.05) is 6.92 Å². The van der Waals surface area contributed by atoms with Crippen LogP contribution in [-0.2, 0) is 0 Å². The summed E-state index contributed by atoms with van der Waals surface area (Å²) in [5.74, 6) is 1.71. The third-order valence-corrected chi connectivity index (χ3v) is 3.30. The lowest BCUT2D eigenvalue weighted by Gasteiger charge is -2.32. The SMILES string of the molecule is C[C@H](O)CN[C@@H]1CC[C@H](C)[C@H](C)C1. The smallest absolute Gasteiger partial charge is 0.0636 e. The van der Waals surface area contributed by atoms with E-state index in [1.165, 1.54) is 19.3 Å². The number of nitrogens with one attached hydrogen (secondary N) is 1. The maximum Gasteiger partial charge on any atom is 0.0636 e. The van der Waals surface area contributed by atoms with E-state index >= 15 is 0 Å². The number of rotatable bonds is 3. The fourth-order valence-corrected chi connectivity index (χ4v) is 2.07. The maximum absolute atomic E-state index is 9.14. The van der Waals surface area contributed by atoms with Crippen molar-refractivity contribution in [2.45, 2.75) is 52.2 Å². The van der Waals surface area contributed by atoms with E-state index in [9.17, 15) is 0 Å². The molecule has 1 fully saturated rings. The van der Waals surface area contributed by atoms with Crippen LogP contribution in [0.5, 0.6) is 0 Å². The Morgan fingerprint density at radius 2 is 2.00 bits per heavy atom. The highest BCUT2D eigenvalue weighted by Crippen LogP contribution is 2.29. The molecule has 13 heavy (non-hydrogen) atoms. The van der Waals surface area contributed by atoms with Gasteiger partial charge < -0.3 is 10.4 Å². The Morgan fingerprint density at radius 3 is 2.54 bits per heavy atom.